The average Bonchev–Trinajstić information content (AvgIpc) is 2.77. The van der Waals surface area contributed by atoms with Crippen molar-refractivity contribution < 1.29 is 88.4 Å². The topological polar surface area (TPSA) is 0 Å². The summed E-state index contributed by atoms with van der Waals surface area (Å²) in [6.45, 7) is 0. The van der Waals surface area contributed by atoms with Gasteiger partial charge in [-0.05, 0) is 0 Å². The second-order valence-corrected chi connectivity index (χ2v) is 6.53. The van der Waals surface area contributed by atoms with Crippen LogP contribution in [-0.4, -0.2) is 24.2 Å². The summed E-state index contributed by atoms with van der Waals surface area (Å²) in [5.41, 5.74) is -8.98. The van der Waals surface area contributed by atoms with Crippen molar-refractivity contribution in [3.8, 4) is 0 Å². The fourth-order valence-electron chi connectivity index (χ4n) is 2.10. The number of hydrogen-bond acceptors (Lipinski definition) is 0. The number of hydrogen-bond donors (Lipinski definition) is 0. The van der Waals surface area contributed by atoms with Gasteiger partial charge in [0.1, 0.15) is 0 Å². The zero-order valence-corrected chi connectivity index (χ0v) is 18.4. The summed E-state index contributed by atoms with van der Waals surface area (Å²) in [4.78, 5) is 0. The predicted molar refractivity (Wildman–Crippen MR) is 99.1 cm³/mol. The first kappa shape index (κ1) is 41.3. The van der Waals surface area contributed by atoms with Crippen LogP contribution in [0.3, 0.4) is 0 Å². The van der Waals surface area contributed by atoms with Gasteiger partial charge in [-0.2, -0.15) is 74.6 Å². The Morgan fingerprint density at radius 3 is 0.925 bits per heavy atom. The summed E-state index contributed by atoms with van der Waals surface area (Å²) in [5.74, 6) is -9.13. The molecule has 0 bridgehead atoms. The number of alkyl halides is 15. The molecule has 0 radical (unpaired) electrons. The summed E-state index contributed by atoms with van der Waals surface area (Å²) >= 11 is 0. The third-order valence-electron chi connectivity index (χ3n) is 3.87. The standard InChI is InChI=1S/C10H5F9.C7H5F3.C3F6.2FH/c11-7(12,6-4-2-1-3-5-6)8(13,9(14,15)16)10(17,18)19;8-7(9,10)6-4-2-1-3-5-6;4-1(2(5)6)3(7,8)9;;/h1-5H;1-5H;;2*1H. The van der Waals surface area contributed by atoms with E-state index in [1.54, 1.807) is 6.07 Å². The number of rotatable bonds is 2. The molecule has 0 unspecified atom stereocenters. The second-order valence-electron chi connectivity index (χ2n) is 6.53. The molecule has 40 heavy (non-hydrogen) atoms. The lowest BCUT2D eigenvalue weighted by atomic mass is 9.90. The van der Waals surface area contributed by atoms with Crippen LogP contribution in [0, 0.1) is 0 Å². The van der Waals surface area contributed by atoms with E-state index in [4.69, 9.17) is 0 Å². The Labute approximate surface area is 209 Å². The van der Waals surface area contributed by atoms with Crippen LogP contribution in [0.5, 0.6) is 0 Å². The van der Waals surface area contributed by atoms with Crippen molar-refractivity contribution in [2.45, 2.75) is 36.3 Å². The molecule has 2 aromatic carbocycles. The average molecular weight is 632 g/mol. The zero-order chi connectivity index (χ0) is 30.4. The summed E-state index contributed by atoms with van der Waals surface area (Å²) in [5, 5.41) is 0. The van der Waals surface area contributed by atoms with Gasteiger partial charge in [-0.3, -0.25) is 9.41 Å². The van der Waals surface area contributed by atoms with Gasteiger partial charge in [0.25, 0.3) is 5.83 Å². The Bertz CT molecular complexity index is 994. The maximum absolute atomic E-state index is 13.4. The fraction of sp³-hybridized carbons (Fsp3) is 0.300. The Morgan fingerprint density at radius 1 is 0.450 bits per heavy atom. The van der Waals surface area contributed by atoms with E-state index in [9.17, 15) is 79.0 Å². The molecule has 2 rings (SSSR count). The molecule has 0 nitrogen and oxygen atoms in total. The van der Waals surface area contributed by atoms with Crippen LogP contribution in [0.2, 0.25) is 0 Å². The van der Waals surface area contributed by atoms with Gasteiger partial charge in [0.15, 0.2) is 0 Å². The molecule has 0 N–H and O–H groups in total. The minimum atomic E-state index is -6.81. The molecule has 0 aliphatic carbocycles. The van der Waals surface area contributed by atoms with Gasteiger partial charge in [0, 0.05) is 5.56 Å². The third kappa shape index (κ3) is 10.4. The van der Waals surface area contributed by atoms with E-state index < -0.39 is 59.3 Å². The molecular weight excluding hydrogens is 620 g/mol. The molecular formula is C20H12F20. The van der Waals surface area contributed by atoms with Gasteiger partial charge in [-0.25, -0.2) is 4.39 Å². The van der Waals surface area contributed by atoms with Crippen molar-refractivity contribution in [2.24, 2.45) is 0 Å². The first-order valence-corrected chi connectivity index (χ1v) is 8.97. The van der Waals surface area contributed by atoms with Crippen LogP contribution >= 0.6 is 0 Å². The van der Waals surface area contributed by atoms with Crippen molar-refractivity contribution in [3.05, 3.63) is 83.7 Å². The molecule has 2 aromatic rings. The summed E-state index contributed by atoms with van der Waals surface area (Å²) in [6.07, 6.45) is -26.7. The molecule has 0 aliphatic heterocycles. The Morgan fingerprint density at radius 2 is 0.750 bits per heavy atom. The van der Waals surface area contributed by atoms with E-state index in [0.717, 1.165) is 30.3 Å². The summed E-state index contributed by atoms with van der Waals surface area (Å²) < 4.78 is 213. The van der Waals surface area contributed by atoms with Crippen LogP contribution in [0.4, 0.5) is 88.4 Å². The van der Waals surface area contributed by atoms with Crippen LogP contribution in [0.15, 0.2) is 72.6 Å². The highest BCUT2D eigenvalue weighted by Crippen LogP contribution is 2.58. The maximum Gasteiger partial charge on any atom is 0.448 e. The number of benzene rings is 2. The molecule has 0 fully saturated rings. The van der Waals surface area contributed by atoms with Crippen LogP contribution in [0.1, 0.15) is 11.1 Å². The van der Waals surface area contributed by atoms with E-state index in [2.05, 4.69) is 0 Å². The monoisotopic (exact) mass is 632 g/mol. The molecule has 0 spiro atoms. The highest BCUT2D eigenvalue weighted by molar-refractivity contribution is 5.26. The van der Waals surface area contributed by atoms with Crippen molar-refractivity contribution in [3.63, 3.8) is 0 Å². The van der Waals surface area contributed by atoms with Crippen molar-refractivity contribution in [1.29, 1.82) is 0 Å². The Balaban J connectivity index is -0.000000554. The molecule has 0 aliphatic rings. The molecule has 0 atom stereocenters. The third-order valence-corrected chi connectivity index (χ3v) is 3.87. The van der Waals surface area contributed by atoms with Gasteiger partial charge in [-0.15, -0.1) is 0 Å². The Hall–Kier alpha value is -3.22. The van der Waals surface area contributed by atoms with Crippen molar-refractivity contribution in [1.82, 2.24) is 0 Å². The quantitative estimate of drug-likeness (QED) is 0.289. The largest absolute Gasteiger partial charge is 0.448 e. The molecule has 232 valence electrons. The van der Waals surface area contributed by atoms with E-state index >= 15 is 0 Å². The zero-order valence-electron chi connectivity index (χ0n) is 18.4. The molecule has 0 amide bonds. The maximum atomic E-state index is 13.4. The first-order chi connectivity index (χ1) is 16.8. The van der Waals surface area contributed by atoms with Crippen LogP contribution in [-0.2, 0) is 12.1 Å². The summed E-state index contributed by atoms with van der Waals surface area (Å²) in [6, 6.07) is 9.56. The van der Waals surface area contributed by atoms with E-state index in [0.29, 0.717) is 0 Å². The summed E-state index contributed by atoms with van der Waals surface area (Å²) in [7, 11) is 0. The molecule has 0 aromatic heterocycles. The molecule has 0 heterocycles. The lowest BCUT2D eigenvalue weighted by molar-refractivity contribution is -0.400. The van der Waals surface area contributed by atoms with Gasteiger partial charge in [0.05, 0.1) is 5.56 Å². The molecule has 20 heteroatoms. The van der Waals surface area contributed by atoms with Gasteiger partial charge in [0.2, 0.25) is 0 Å². The van der Waals surface area contributed by atoms with Crippen LogP contribution in [0.25, 0.3) is 0 Å². The van der Waals surface area contributed by atoms with Crippen LogP contribution < -0.4 is 0 Å². The van der Waals surface area contributed by atoms with Crippen molar-refractivity contribution in [2.75, 3.05) is 0 Å². The molecule has 0 saturated carbocycles. The normalized spacial score (nSPS) is 12.3. The van der Waals surface area contributed by atoms with Gasteiger partial charge in [-0.1, -0.05) is 60.7 Å². The SMILES string of the molecule is F.F.FC(F)(F)C(F)(C(F)(F)F)C(F)(F)c1ccccc1.FC(F)(F)c1ccccc1.FC(F)=C(F)C(F)(F)F. The lowest BCUT2D eigenvalue weighted by Crippen LogP contribution is -2.63. The number of allylic oxidation sites excluding steroid dienone is 1. The fourth-order valence-corrected chi connectivity index (χ4v) is 2.10. The highest BCUT2D eigenvalue weighted by Gasteiger charge is 2.84. The first-order valence-electron chi connectivity index (χ1n) is 8.97. The lowest BCUT2D eigenvalue weighted by Gasteiger charge is -2.36. The van der Waals surface area contributed by atoms with Crippen molar-refractivity contribution >= 4 is 0 Å². The predicted octanol–water partition coefficient (Wildman–Crippen LogP) is 10.2. The van der Waals surface area contributed by atoms with Gasteiger partial charge >= 0.3 is 42.4 Å². The minimum Gasteiger partial charge on any atom is -0.269 e. The van der Waals surface area contributed by atoms with E-state index in [-0.39, 0.29) is 21.5 Å². The minimum absolute atomic E-state index is 0. The Kier molecular flexibility index (Phi) is 14.9. The number of halogens is 20. The van der Waals surface area contributed by atoms with E-state index in [1.165, 1.54) is 12.1 Å². The van der Waals surface area contributed by atoms with Gasteiger partial charge < -0.3 is 0 Å². The second kappa shape index (κ2) is 14.4. The highest BCUT2D eigenvalue weighted by atomic mass is 19.4. The molecule has 0 saturated heterocycles. The smallest absolute Gasteiger partial charge is 0.269 e. The van der Waals surface area contributed by atoms with E-state index in [1.807, 2.05) is 0 Å².